The van der Waals surface area contributed by atoms with Crippen molar-refractivity contribution in [2.24, 2.45) is 5.73 Å². The molecule has 3 nitrogen and oxygen atoms in total. The van der Waals surface area contributed by atoms with Crippen LogP contribution >= 0.6 is 0 Å². The van der Waals surface area contributed by atoms with Gasteiger partial charge >= 0.3 is 7.12 Å². The number of rotatable bonds is 2. The van der Waals surface area contributed by atoms with Gasteiger partial charge in [0.1, 0.15) is 11.6 Å². The third-order valence-electron chi connectivity index (χ3n) is 3.90. The monoisotopic (exact) mass is 269 g/mol. The average Bonchev–Trinajstić information content (AvgIpc) is 2.47. The van der Waals surface area contributed by atoms with Crippen LogP contribution in [0.15, 0.2) is 18.2 Å². The number of nitrogens with two attached hydrogens (primary N) is 1. The Morgan fingerprint density at radius 3 is 1.89 bits per heavy atom. The van der Waals surface area contributed by atoms with Crippen LogP contribution in [0.1, 0.15) is 39.2 Å². The molecular weight excluding hydrogens is 251 g/mol. The predicted molar refractivity (Wildman–Crippen MR) is 69.4 cm³/mol. The van der Waals surface area contributed by atoms with Gasteiger partial charge in [-0.05, 0) is 39.8 Å². The molecule has 104 valence electrons. The van der Waals surface area contributed by atoms with Crippen LogP contribution in [0.3, 0.4) is 0 Å². The minimum atomic E-state index is -1.01. The van der Waals surface area contributed by atoms with Crippen molar-refractivity contribution in [2.75, 3.05) is 0 Å². The minimum absolute atomic E-state index is 0.207. The summed E-state index contributed by atoms with van der Waals surface area (Å²) in [5, 5.41) is 0. The zero-order valence-corrected chi connectivity index (χ0v) is 11.5. The molecule has 0 aliphatic carbocycles. The van der Waals surface area contributed by atoms with E-state index in [1.54, 1.807) is 0 Å². The Kier molecular flexibility index (Phi) is 3.45. The number of halogens is 2. The van der Waals surface area contributed by atoms with E-state index < -0.39 is 35.9 Å². The molecule has 0 bridgehead atoms. The van der Waals surface area contributed by atoms with Gasteiger partial charge in [0.05, 0.1) is 17.1 Å². The number of hydrogen-bond acceptors (Lipinski definition) is 3. The second-order valence-electron chi connectivity index (χ2n) is 5.79. The Bertz CT molecular complexity index is 457. The van der Waals surface area contributed by atoms with Crippen LogP contribution in [0.2, 0.25) is 0 Å². The molecule has 0 radical (unpaired) electrons. The fraction of sp³-hybridized carbons (Fsp3) is 0.538. The van der Waals surface area contributed by atoms with E-state index in [9.17, 15) is 8.78 Å². The van der Waals surface area contributed by atoms with Gasteiger partial charge in [-0.2, -0.15) is 0 Å². The molecule has 1 heterocycles. The molecule has 19 heavy (non-hydrogen) atoms. The van der Waals surface area contributed by atoms with E-state index >= 15 is 0 Å². The molecule has 2 N–H and O–H groups in total. The molecule has 1 saturated heterocycles. The highest BCUT2D eigenvalue weighted by molar-refractivity contribution is 6.47. The van der Waals surface area contributed by atoms with Gasteiger partial charge in [-0.25, -0.2) is 8.78 Å². The fourth-order valence-corrected chi connectivity index (χ4v) is 2.00. The van der Waals surface area contributed by atoms with Crippen molar-refractivity contribution in [2.45, 2.75) is 44.8 Å². The van der Waals surface area contributed by atoms with Gasteiger partial charge in [-0.3, -0.25) is 0 Å². The summed E-state index contributed by atoms with van der Waals surface area (Å²) < 4.78 is 38.8. The molecule has 1 aliphatic rings. The van der Waals surface area contributed by atoms with Gasteiger partial charge in [-0.15, -0.1) is 0 Å². The van der Waals surface area contributed by atoms with Gasteiger partial charge < -0.3 is 15.0 Å². The van der Waals surface area contributed by atoms with E-state index in [2.05, 4.69) is 0 Å². The Labute approximate surface area is 112 Å². The first kappa shape index (κ1) is 14.4. The summed E-state index contributed by atoms with van der Waals surface area (Å²) >= 11 is 0. The maximum Gasteiger partial charge on any atom is 0.480 e. The SMILES string of the molecule is CC1(C)OB([C@H](N)c2c(F)cccc2F)OC1(C)C. The highest BCUT2D eigenvalue weighted by atomic mass is 19.1. The lowest BCUT2D eigenvalue weighted by Gasteiger charge is -2.32. The van der Waals surface area contributed by atoms with E-state index in [1.165, 1.54) is 18.2 Å². The second kappa shape index (κ2) is 4.54. The van der Waals surface area contributed by atoms with Gasteiger partial charge in [-0.1, -0.05) is 6.07 Å². The second-order valence-corrected chi connectivity index (χ2v) is 5.79. The first-order valence-electron chi connectivity index (χ1n) is 6.21. The van der Waals surface area contributed by atoms with E-state index in [-0.39, 0.29) is 5.56 Å². The van der Waals surface area contributed by atoms with Crippen LogP contribution in [0.5, 0.6) is 0 Å². The molecule has 2 rings (SSSR count). The quantitative estimate of drug-likeness (QED) is 0.839. The Morgan fingerprint density at radius 1 is 1.05 bits per heavy atom. The molecule has 0 unspecified atom stereocenters. The molecule has 1 aromatic rings. The maximum absolute atomic E-state index is 13.7. The van der Waals surface area contributed by atoms with Crippen molar-refractivity contribution in [3.05, 3.63) is 35.4 Å². The van der Waals surface area contributed by atoms with Crippen molar-refractivity contribution in [1.29, 1.82) is 0 Å². The van der Waals surface area contributed by atoms with E-state index in [4.69, 9.17) is 15.0 Å². The van der Waals surface area contributed by atoms with Crippen molar-refractivity contribution in [3.63, 3.8) is 0 Å². The summed E-state index contributed by atoms with van der Waals surface area (Å²) in [7, 11) is -0.878. The summed E-state index contributed by atoms with van der Waals surface area (Å²) in [5.41, 5.74) is 4.53. The molecule has 0 amide bonds. The van der Waals surface area contributed by atoms with Crippen molar-refractivity contribution in [1.82, 2.24) is 0 Å². The Hall–Kier alpha value is -0.975. The lowest BCUT2D eigenvalue weighted by molar-refractivity contribution is 0.00578. The zero-order valence-electron chi connectivity index (χ0n) is 11.5. The van der Waals surface area contributed by atoms with Crippen LogP contribution in [0, 0.1) is 11.6 Å². The first-order valence-corrected chi connectivity index (χ1v) is 6.21. The van der Waals surface area contributed by atoms with Crippen molar-refractivity contribution >= 4 is 7.12 Å². The highest BCUT2D eigenvalue weighted by Crippen LogP contribution is 2.40. The largest absolute Gasteiger partial charge is 0.480 e. The summed E-state index contributed by atoms with van der Waals surface area (Å²) in [6.07, 6.45) is 0. The molecular formula is C13H18BF2NO2. The third kappa shape index (κ3) is 2.40. The van der Waals surface area contributed by atoms with Crippen LogP contribution in [0.25, 0.3) is 0 Å². The average molecular weight is 269 g/mol. The molecule has 6 heteroatoms. The van der Waals surface area contributed by atoms with Crippen LogP contribution in [0.4, 0.5) is 8.78 Å². The molecule has 1 atom stereocenters. The van der Waals surface area contributed by atoms with Crippen molar-refractivity contribution in [3.8, 4) is 0 Å². The van der Waals surface area contributed by atoms with Crippen LogP contribution in [-0.2, 0) is 9.31 Å². The summed E-state index contributed by atoms with van der Waals surface area (Å²) in [6.45, 7) is 7.43. The van der Waals surface area contributed by atoms with E-state index in [0.717, 1.165) is 0 Å². The first-order chi connectivity index (χ1) is 8.66. The topological polar surface area (TPSA) is 44.5 Å². The summed E-state index contributed by atoms with van der Waals surface area (Å²) in [5.74, 6) is -2.40. The smallest absolute Gasteiger partial charge is 0.402 e. The zero-order chi connectivity index (χ0) is 14.4. The van der Waals surface area contributed by atoms with Crippen LogP contribution in [-0.4, -0.2) is 18.3 Å². The van der Waals surface area contributed by atoms with Gasteiger partial charge in [0.25, 0.3) is 0 Å². The summed E-state index contributed by atoms with van der Waals surface area (Å²) in [4.78, 5) is 0. The number of benzene rings is 1. The molecule has 0 spiro atoms. The van der Waals surface area contributed by atoms with Gasteiger partial charge in [0, 0.05) is 5.56 Å². The van der Waals surface area contributed by atoms with E-state index in [0.29, 0.717) is 0 Å². The van der Waals surface area contributed by atoms with Crippen LogP contribution < -0.4 is 5.73 Å². The van der Waals surface area contributed by atoms with Gasteiger partial charge in [0.15, 0.2) is 0 Å². The number of hydrogen-bond donors (Lipinski definition) is 1. The van der Waals surface area contributed by atoms with Gasteiger partial charge in [0.2, 0.25) is 0 Å². The normalized spacial score (nSPS) is 22.6. The Balaban J connectivity index is 2.30. The molecule has 1 fully saturated rings. The van der Waals surface area contributed by atoms with Crippen molar-refractivity contribution < 1.29 is 18.1 Å². The molecule has 1 aliphatic heterocycles. The maximum atomic E-state index is 13.7. The lowest BCUT2D eigenvalue weighted by atomic mass is 9.74. The lowest BCUT2D eigenvalue weighted by Crippen LogP contribution is -2.41. The molecule has 0 saturated carbocycles. The highest BCUT2D eigenvalue weighted by Gasteiger charge is 2.54. The third-order valence-corrected chi connectivity index (χ3v) is 3.90. The summed E-state index contributed by atoms with van der Waals surface area (Å²) in [6, 6.07) is 3.64. The minimum Gasteiger partial charge on any atom is -0.402 e. The fourth-order valence-electron chi connectivity index (χ4n) is 2.00. The Morgan fingerprint density at radius 2 is 1.47 bits per heavy atom. The predicted octanol–water partition coefficient (Wildman–Crippen LogP) is 2.60. The molecule has 1 aromatic carbocycles. The van der Waals surface area contributed by atoms with E-state index in [1.807, 2.05) is 27.7 Å². The standard InChI is InChI=1S/C13H18BF2NO2/c1-12(2)13(3,4)19-14(18-12)11(17)10-8(15)6-5-7-9(10)16/h5-7,11H,17H2,1-4H3/t11-/m1/s1. The molecule has 0 aromatic heterocycles.